The van der Waals surface area contributed by atoms with Gasteiger partial charge >= 0.3 is 6.09 Å². The van der Waals surface area contributed by atoms with Crippen molar-refractivity contribution in [2.45, 2.75) is 32.2 Å². The van der Waals surface area contributed by atoms with E-state index in [0.717, 1.165) is 32.5 Å². The average molecular weight is 230 g/mol. The van der Waals surface area contributed by atoms with Crippen LogP contribution in [-0.2, 0) is 4.74 Å². The van der Waals surface area contributed by atoms with E-state index in [0.29, 0.717) is 0 Å². The van der Waals surface area contributed by atoms with Crippen molar-refractivity contribution in [1.82, 2.24) is 10.2 Å². The summed E-state index contributed by atoms with van der Waals surface area (Å²) in [5.41, 5.74) is 0. The van der Waals surface area contributed by atoms with Gasteiger partial charge in [0.2, 0.25) is 0 Å². The fraction of sp³-hybridized carbons (Fsp3) is 0.909. The van der Waals surface area contributed by atoms with E-state index >= 15 is 0 Å². The van der Waals surface area contributed by atoms with Crippen LogP contribution < -0.4 is 5.32 Å². The Kier molecular flexibility index (Phi) is 6.18. The molecule has 1 fully saturated rings. The van der Waals surface area contributed by atoms with E-state index in [9.17, 15) is 4.79 Å². The molecule has 0 saturated carbocycles. The summed E-state index contributed by atoms with van der Waals surface area (Å²) in [6, 6.07) is 0.222. The minimum Gasteiger partial charge on any atom is -0.447 e. The van der Waals surface area contributed by atoms with Gasteiger partial charge in [-0.15, -0.1) is 0 Å². The van der Waals surface area contributed by atoms with Crippen LogP contribution >= 0.6 is 0 Å². The standard InChI is InChI=1S/C11H22N2O3/c1-2-5-13-6-3-10(4-7-13)12-11(15)16-9-8-14/h10,14H,2-9H2,1H3,(H,12,15). The van der Waals surface area contributed by atoms with Crippen LogP contribution in [-0.4, -0.2) is 55.0 Å². The van der Waals surface area contributed by atoms with Gasteiger partial charge in [0.25, 0.3) is 0 Å². The Hall–Kier alpha value is -0.810. The Bertz CT molecular complexity index is 203. The molecule has 0 aromatic rings. The number of rotatable bonds is 5. The highest BCUT2D eigenvalue weighted by Gasteiger charge is 2.20. The number of nitrogens with one attached hydrogen (secondary N) is 1. The maximum absolute atomic E-state index is 11.2. The zero-order valence-electron chi connectivity index (χ0n) is 9.95. The molecule has 1 heterocycles. The number of carbonyl (C=O) groups is 1. The minimum absolute atomic E-state index is 0.0700. The number of piperidine rings is 1. The van der Waals surface area contributed by atoms with Gasteiger partial charge in [-0.2, -0.15) is 0 Å². The van der Waals surface area contributed by atoms with Gasteiger partial charge in [-0.05, 0) is 25.8 Å². The van der Waals surface area contributed by atoms with E-state index in [1.54, 1.807) is 0 Å². The van der Waals surface area contributed by atoms with Gasteiger partial charge in [0.1, 0.15) is 6.61 Å². The van der Waals surface area contributed by atoms with Crippen molar-refractivity contribution in [1.29, 1.82) is 0 Å². The van der Waals surface area contributed by atoms with Gasteiger partial charge in [-0.1, -0.05) is 6.92 Å². The van der Waals surface area contributed by atoms with E-state index in [-0.39, 0.29) is 19.3 Å². The predicted octanol–water partition coefficient (Wildman–Crippen LogP) is 0.579. The summed E-state index contributed by atoms with van der Waals surface area (Å²) < 4.78 is 4.75. The van der Waals surface area contributed by atoms with Crippen LogP contribution in [0.2, 0.25) is 0 Å². The first-order valence-electron chi connectivity index (χ1n) is 6.02. The molecule has 2 N–H and O–H groups in total. The van der Waals surface area contributed by atoms with Crippen LogP contribution in [0.4, 0.5) is 4.79 Å². The Labute approximate surface area is 96.8 Å². The first kappa shape index (κ1) is 13.3. The Morgan fingerprint density at radius 3 is 2.75 bits per heavy atom. The second-order valence-corrected chi connectivity index (χ2v) is 4.12. The number of ether oxygens (including phenoxy) is 1. The lowest BCUT2D eigenvalue weighted by Crippen LogP contribution is -2.45. The molecule has 0 atom stereocenters. The summed E-state index contributed by atoms with van der Waals surface area (Å²) in [5.74, 6) is 0. The van der Waals surface area contributed by atoms with Gasteiger partial charge in [-0.25, -0.2) is 4.79 Å². The first-order chi connectivity index (χ1) is 7.76. The van der Waals surface area contributed by atoms with Crippen LogP contribution in [0.3, 0.4) is 0 Å². The maximum Gasteiger partial charge on any atom is 0.407 e. The van der Waals surface area contributed by atoms with Gasteiger partial charge in [-0.3, -0.25) is 0 Å². The quantitative estimate of drug-likeness (QED) is 0.725. The van der Waals surface area contributed by atoms with Crippen molar-refractivity contribution in [3.8, 4) is 0 Å². The molecule has 0 radical (unpaired) electrons. The lowest BCUT2D eigenvalue weighted by Gasteiger charge is -2.31. The Morgan fingerprint density at radius 2 is 2.19 bits per heavy atom. The number of nitrogens with zero attached hydrogens (tertiary/aromatic N) is 1. The molecule has 94 valence electrons. The summed E-state index contributed by atoms with van der Waals surface area (Å²) in [6.07, 6.45) is 2.72. The molecule has 0 bridgehead atoms. The molecule has 0 aliphatic carbocycles. The lowest BCUT2D eigenvalue weighted by molar-refractivity contribution is 0.110. The van der Waals surface area contributed by atoms with E-state index in [4.69, 9.17) is 9.84 Å². The topological polar surface area (TPSA) is 61.8 Å². The molecule has 1 aliphatic rings. The van der Waals surface area contributed by atoms with Crippen LogP contribution in [0.1, 0.15) is 26.2 Å². The predicted molar refractivity (Wildman–Crippen MR) is 61.3 cm³/mol. The lowest BCUT2D eigenvalue weighted by atomic mass is 10.1. The van der Waals surface area contributed by atoms with Crippen molar-refractivity contribution in [3.05, 3.63) is 0 Å². The molecular formula is C11H22N2O3. The summed E-state index contributed by atoms with van der Waals surface area (Å²) in [6.45, 7) is 5.35. The molecule has 1 aliphatic heterocycles. The molecule has 1 saturated heterocycles. The van der Waals surface area contributed by atoms with Crippen molar-refractivity contribution in [2.24, 2.45) is 0 Å². The number of hydrogen-bond donors (Lipinski definition) is 2. The average Bonchev–Trinajstić information content (AvgIpc) is 2.29. The number of hydrogen-bond acceptors (Lipinski definition) is 4. The van der Waals surface area contributed by atoms with E-state index in [2.05, 4.69) is 17.1 Å². The molecular weight excluding hydrogens is 208 g/mol. The minimum atomic E-state index is -0.414. The van der Waals surface area contributed by atoms with Gasteiger partial charge < -0.3 is 20.1 Å². The first-order valence-corrected chi connectivity index (χ1v) is 6.02. The second kappa shape index (κ2) is 7.46. The molecule has 16 heavy (non-hydrogen) atoms. The summed E-state index contributed by atoms with van der Waals surface area (Å²) >= 11 is 0. The van der Waals surface area contributed by atoms with Crippen LogP contribution in [0.25, 0.3) is 0 Å². The number of aliphatic hydroxyl groups excluding tert-OH is 1. The Balaban J connectivity index is 2.14. The summed E-state index contributed by atoms with van der Waals surface area (Å²) in [5, 5.41) is 11.3. The third kappa shape index (κ3) is 4.81. The number of aliphatic hydroxyl groups is 1. The molecule has 0 aromatic carbocycles. The van der Waals surface area contributed by atoms with E-state index < -0.39 is 6.09 Å². The molecule has 1 amide bonds. The molecule has 5 heteroatoms. The van der Waals surface area contributed by atoms with Crippen LogP contribution in [0, 0.1) is 0 Å². The molecule has 0 unspecified atom stereocenters. The molecule has 1 rings (SSSR count). The summed E-state index contributed by atoms with van der Waals surface area (Å²) in [7, 11) is 0. The van der Waals surface area contributed by atoms with Crippen molar-refractivity contribution in [3.63, 3.8) is 0 Å². The van der Waals surface area contributed by atoms with Gasteiger partial charge in [0.05, 0.1) is 6.61 Å². The van der Waals surface area contributed by atoms with Crippen molar-refractivity contribution >= 4 is 6.09 Å². The smallest absolute Gasteiger partial charge is 0.407 e. The Morgan fingerprint density at radius 1 is 1.50 bits per heavy atom. The molecule has 0 spiro atoms. The number of likely N-dealkylation sites (tertiary alicyclic amines) is 1. The largest absolute Gasteiger partial charge is 0.447 e. The number of amides is 1. The maximum atomic E-state index is 11.2. The highest BCUT2D eigenvalue weighted by atomic mass is 16.6. The van der Waals surface area contributed by atoms with Gasteiger partial charge in [0.15, 0.2) is 0 Å². The van der Waals surface area contributed by atoms with Crippen molar-refractivity contribution in [2.75, 3.05) is 32.8 Å². The normalized spacial score (nSPS) is 18.4. The highest BCUT2D eigenvalue weighted by molar-refractivity contribution is 5.67. The second-order valence-electron chi connectivity index (χ2n) is 4.12. The zero-order valence-corrected chi connectivity index (χ0v) is 9.95. The van der Waals surface area contributed by atoms with Crippen molar-refractivity contribution < 1.29 is 14.6 Å². The third-order valence-electron chi connectivity index (χ3n) is 2.77. The van der Waals surface area contributed by atoms with E-state index in [1.807, 2.05) is 0 Å². The SMILES string of the molecule is CCCN1CCC(NC(=O)OCCO)CC1. The summed E-state index contributed by atoms with van der Waals surface area (Å²) in [4.78, 5) is 13.6. The number of carbonyl (C=O) groups excluding carboxylic acids is 1. The van der Waals surface area contributed by atoms with Crippen LogP contribution in [0.5, 0.6) is 0 Å². The zero-order chi connectivity index (χ0) is 11.8. The molecule has 5 nitrogen and oxygen atoms in total. The number of alkyl carbamates (subject to hydrolysis) is 1. The molecule has 0 aromatic heterocycles. The fourth-order valence-electron chi connectivity index (χ4n) is 1.96. The van der Waals surface area contributed by atoms with Crippen LogP contribution in [0.15, 0.2) is 0 Å². The third-order valence-corrected chi connectivity index (χ3v) is 2.77. The fourth-order valence-corrected chi connectivity index (χ4v) is 1.96. The monoisotopic (exact) mass is 230 g/mol. The highest BCUT2D eigenvalue weighted by Crippen LogP contribution is 2.10. The van der Waals surface area contributed by atoms with E-state index in [1.165, 1.54) is 6.42 Å². The van der Waals surface area contributed by atoms with Gasteiger partial charge in [0, 0.05) is 19.1 Å².